The molecule has 1 heterocycles. The van der Waals surface area contributed by atoms with E-state index in [2.05, 4.69) is 75.4 Å². The molecular weight excluding hydrogens is 316 g/mol. The highest BCUT2D eigenvalue weighted by Gasteiger charge is 2.20. The van der Waals surface area contributed by atoms with Crippen molar-refractivity contribution in [3.8, 4) is 0 Å². The Morgan fingerprint density at radius 1 is 1.38 bits per heavy atom. The quantitative estimate of drug-likeness (QED) is 0.524. The van der Waals surface area contributed by atoms with Crippen molar-refractivity contribution in [2.45, 2.75) is 47.0 Å². The van der Waals surface area contributed by atoms with Crippen molar-refractivity contribution >= 4 is 11.4 Å². The van der Waals surface area contributed by atoms with Gasteiger partial charge in [-0.3, -0.25) is 0 Å². The number of anilines is 2. The summed E-state index contributed by atoms with van der Waals surface area (Å²) in [4.78, 5) is 0. The number of aryl methyl sites for hydroxylation is 1. The van der Waals surface area contributed by atoms with Crippen LogP contribution in [0.15, 0.2) is 72.6 Å². The molecular formula is C24H32N2. The first-order chi connectivity index (χ1) is 12.4. The average molecular weight is 349 g/mol. The molecule has 0 radical (unpaired) electrons. The molecule has 0 spiro atoms. The van der Waals surface area contributed by atoms with Gasteiger partial charge in [0, 0.05) is 28.3 Å². The molecule has 138 valence electrons. The number of benzene rings is 1. The first-order valence-electron chi connectivity index (χ1n) is 9.45. The predicted molar refractivity (Wildman–Crippen MR) is 117 cm³/mol. The molecule has 0 aromatic heterocycles. The molecule has 0 bridgehead atoms. The van der Waals surface area contributed by atoms with E-state index < -0.39 is 0 Å². The molecule has 1 aliphatic rings. The predicted octanol–water partition coefficient (Wildman–Crippen LogP) is 6.90. The summed E-state index contributed by atoms with van der Waals surface area (Å²) in [5.74, 6) is 0.441. The van der Waals surface area contributed by atoms with Gasteiger partial charge >= 0.3 is 0 Å². The molecule has 1 atom stereocenters. The van der Waals surface area contributed by atoms with Gasteiger partial charge < -0.3 is 10.6 Å². The Morgan fingerprint density at radius 2 is 2.12 bits per heavy atom. The van der Waals surface area contributed by atoms with Crippen molar-refractivity contribution in [3.05, 3.63) is 83.8 Å². The van der Waals surface area contributed by atoms with E-state index in [1.165, 1.54) is 22.4 Å². The zero-order valence-electron chi connectivity index (χ0n) is 16.7. The van der Waals surface area contributed by atoms with Crippen molar-refractivity contribution in [1.29, 1.82) is 0 Å². The SMILES string of the molecule is C=C/C(CCC)=C(\C=C/C)C(=C)Nc1cc(C)c2c(c1)CC(C)C(=C)N2. The fourth-order valence-corrected chi connectivity index (χ4v) is 3.43. The van der Waals surface area contributed by atoms with E-state index in [-0.39, 0.29) is 0 Å². The summed E-state index contributed by atoms with van der Waals surface area (Å²) in [5, 5.41) is 6.98. The number of fused-ring (bicyclic) bond motifs is 1. The summed E-state index contributed by atoms with van der Waals surface area (Å²) in [6.45, 7) is 21.0. The third kappa shape index (κ3) is 4.37. The van der Waals surface area contributed by atoms with Gasteiger partial charge in [-0.15, -0.1) is 0 Å². The number of allylic oxidation sites excluding steroid dienone is 5. The Bertz CT molecular complexity index is 778. The Kier molecular flexibility index (Phi) is 6.68. The van der Waals surface area contributed by atoms with E-state index in [1.807, 2.05) is 13.0 Å². The maximum Gasteiger partial charge on any atom is 0.0445 e. The second kappa shape index (κ2) is 8.75. The first-order valence-corrected chi connectivity index (χ1v) is 9.45. The minimum absolute atomic E-state index is 0.441. The van der Waals surface area contributed by atoms with Crippen LogP contribution in [0.5, 0.6) is 0 Å². The molecule has 1 unspecified atom stereocenters. The van der Waals surface area contributed by atoms with Crippen LogP contribution >= 0.6 is 0 Å². The first kappa shape index (κ1) is 19.8. The highest BCUT2D eigenvalue weighted by atomic mass is 14.9. The summed E-state index contributed by atoms with van der Waals surface area (Å²) >= 11 is 0. The molecule has 0 saturated carbocycles. The second-order valence-electron chi connectivity index (χ2n) is 7.08. The lowest BCUT2D eigenvalue weighted by Gasteiger charge is -2.28. The van der Waals surface area contributed by atoms with Crippen LogP contribution in [0.2, 0.25) is 0 Å². The van der Waals surface area contributed by atoms with Crippen LogP contribution in [-0.4, -0.2) is 0 Å². The van der Waals surface area contributed by atoms with Gasteiger partial charge in [0.1, 0.15) is 0 Å². The van der Waals surface area contributed by atoms with Gasteiger partial charge in [0.2, 0.25) is 0 Å². The number of nitrogens with one attached hydrogen (secondary N) is 2. The average Bonchev–Trinajstić information content (AvgIpc) is 2.59. The molecule has 1 aromatic carbocycles. The highest BCUT2D eigenvalue weighted by Crippen LogP contribution is 2.35. The van der Waals surface area contributed by atoms with E-state index in [9.17, 15) is 0 Å². The molecule has 1 aliphatic heterocycles. The summed E-state index contributed by atoms with van der Waals surface area (Å²) in [6.07, 6.45) is 9.20. The molecule has 0 fully saturated rings. The van der Waals surface area contributed by atoms with Gasteiger partial charge in [0.05, 0.1) is 0 Å². The van der Waals surface area contributed by atoms with Crippen LogP contribution in [0.3, 0.4) is 0 Å². The molecule has 1 aromatic rings. The maximum atomic E-state index is 4.29. The molecule has 2 rings (SSSR count). The molecule has 0 aliphatic carbocycles. The Balaban J connectivity index is 2.34. The fraction of sp³-hybridized carbons (Fsp3) is 0.333. The zero-order chi connectivity index (χ0) is 19.3. The van der Waals surface area contributed by atoms with Gasteiger partial charge in [0.25, 0.3) is 0 Å². The van der Waals surface area contributed by atoms with Gasteiger partial charge in [-0.25, -0.2) is 0 Å². The Hall–Kier alpha value is -2.48. The number of hydrogen-bond acceptors (Lipinski definition) is 2. The topological polar surface area (TPSA) is 24.1 Å². The van der Waals surface area contributed by atoms with Crippen molar-refractivity contribution in [1.82, 2.24) is 0 Å². The van der Waals surface area contributed by atoms with E-state index in [4.69, 9.17) is 0 Å². The summed E-state index contributed by atoms with van der Waals surface area (Å²) in [5.41, 5.74) is 9.19. The van der Waals surface area contributed by atoms with Crippen LogP contribution in [0, 0.1) is 12.8 Å². The minimum Gasteiger partial charge on any atom is -0.359 e. The second-order valence-corrected chi connectivity index (χ2v) is 7.08. The normalized spacial score (nSPS) is 17.4. The lowest BCUT2D eigenvalue weighted by molar-refractivity contribution is 0.667. The molecule has 26 heavy (non-hydrogen) atoms. The Morgan fingerprint density at radius 3 is 2.73 bits per heavy atom. The summed E-state index contributed by atoms with van der Waals surface area (Å²) in [7, 11) is 0. The van der Waals surface area contributed by atoms with E-state index in [0.717, 1.165) is 41.9 Å². The zero-order valence-corrected chi connectivity index (χ0v) is 16.7. The lowest BCUT2D eigenvalue weighted by atomic mass is 9.90. The van der Waals surface area contributed by atoms with Gasteiger partial charge in [-0.2, -0.15) is 0 Å². The van der Waals surface area contributed by atoms with Crippen molar-refractivity contribution < 1.29 is 0 Å². The number of hydrogen-bond donors (Lipinski definition) is 2. The third-order valence-electron chi connectivity index (χ3n) is 4.89. The van der Waals surface area contributed by atoms with Crippen LogP contribution < -0.4 is 10.6 Å². The van der Waals surface area contributed by atoms with Gasteiger partial charge in [-0.1, -0.05) is 58.2 Å². The summed E-state index contributed by atoms with van der Waals surface area (Å²) in [6, 6.07) is 4.39. The van der Waals surface area contributed by atoms with Gasteiger partial charge in [0.15, 0.2) is 0 Å². The summed E-state index contributed by atoms with van der Waals surface area (Å²) < 4.78 is 0. The third-order valence-corrected chi connectivity index (χ3v) is 4.89. The van der Waals surface area contributed by atoms with Crippen LogP contribution in [0.25, 0.3) is 0 Å². The molecule has 0 amide bonds. The smallest absolute Gasteiger partial charge is 0.0445 e. The Labute approximate surface area is 159 Å². The standard InChI is InChI=1S/C24H32N2/c1-8-11-20(10-3)23(12-9-2)19(7)25-22-14-17(5)24-21(15-22)13-16(4)18(6)26-24/h9-10,12,14-16,25-26H,3,6-8,11,13H2,1-2,4-5H3/b12-9-,23-20-. The minimum atomic E-state index is 0.441. The van der Waals surface area contributed by atoms with E-state index in [1.54, 1.807) is 0 Å². The lowest BCUT2D eigenvalue weighted by Crippen LogP contribution is -2.19. The fourth-order valence-electron chi connectivity index (χ4n) is 3.43. The van der Waals surface area contributed by atoms with E-state index in [0.29, 0.717) is 5.92 Å². The molecule has 2 N–H and O–H groups in total. The van der Waals surface area contributed by atoms with E-state index >= 15 is 0 Å². The van der Waals surface area contributed by atoms with Crippen molar-refractivity contribution in [2.24, 2.45) is 5.92 Å². The van der Waals surface area contributed by atoms with Crippen LogP contribution in [-0.2, 0) is 6.42 Å². The maximum absolute atomic E-state index is 4.29. The van der Waals surface area contributed by atoms with Crippen LogP contribution in [0.1, 0.15) is 44.7 Å². The van der Waals surface area contributed by atoms with Crippen molar-refractivity contribution in [2.75, 3.05) is 10.6 Å². The van der Waals surface area contributed by atoms with Gasteiger partial charge in [-0.05, 0) is 61.4 Å². The number of rotatable bonds is 7. The molecule has 0 saturated heterocycles. The molecule has 2 heteroatoms. The monoisotopic (exact) mass is 348 g/mol. The van der Waals surface area contributed by atoms with Crippen molar-refractivity contribution in [3.63, 3.8) is 0 Å². The largest absolute Gasteiger partial charge is 0.359 e. The highest BCUT2D eigenvalue weighted by molar-refractivity contribution is 5.70. The molecule has 2 nitrogen and oxygen atoms in total. The van der Waals surface area contributed by atoms with Crippen LogP contribution in [0.4, 0.5) is 11.4 Å².